The van der Waals surface area contributed by atoms with Crippen molar-refractivity contribution in [3.63, 3.8) is 0 Å². The number of amides is 3. The van der Waals surface area contributed by atoms with E-state index in [4.69, 9.17) is 10.5 Å². The Labute approximate surface area is 183 Å². The van der Waals surface area contributed by atoms with Gasteiger partial charge < -0.3 is 20.4 Å². The van der Waals surface area contributed by atoms with Crippen molar-refractivity contribution in [2.24, 2.45) is 34.8 Å². The Morgan fingerprint density at radius 1 is 1.06 bits per heavy atom. The summed E-state index contributed by atoms with van der Waals surface area (Å²) in [5.41, 5.74) is 4.80. The fourth-order valence-electron chi connectivity index (χ4n) is 8.37. The zero-order chi connectivity index (χ0) is 22.3. The number of nitrogens with two attached hydrogens (primary N) is 1. The topological polar surface area (TPSA) is 113 Å². The van der Waals surface area contributed by atoms with Gasteiger partial charge in [-0.2, -0.15) is 0 Å². The summed E-state index contributed by atoms with van der Waals surface area (Å²) in [6.07, 6.45) is 3.67. The standard InChI is InChI=1S/C23H35N3O5/c1-22(2,3)31-20(28)25-5-4-14-11-26(21(29)30,12-17(14)25)18-15-6-13-7-16(18)10-23(8-13,9-15)19(24)27/h13-18H,4-12H2,1-3H3,(H2-,24,27,29,30). The van der Waals surface area contributed by atoms with Crippen LogP contribution in [0.25, 0.3) is 0 Å². The van der Waals surface area contributed by atoms with E-state index in [0.29, 0.717) is 38.4 Å². The van der Waals surface area contributed by atoms with Crippen LogP contribution in [0.2, 0.25) is 0 Å². The number of primary amides is 1. The summed E-state index contributed by atoms with van der Waals surface area (Å²) >= 11 is 0. The van der Waals surface area contributed by atoms with E-state index in [1.54, 1.807) is 4.90 Å². The molecule has 3 amide bonds. The van der Waals surface area contributed by atoms with Crippen LogP contribution in [0.3, 0.4) is 0 Å². The van der Waals surface area contributed by atoms with E-state index in [1.807, 2.05) is 20.8 Å². The second kappa shape index (κ2) is 6.59. The van der Waals surface area contributed by atoms with E-state index >= 15 is 0 Å². The average Bonchev–Trinajstić information content (AvgIpc) is 3.17. The number of fused-ring (bicyclic) bond motifs is 1. The molecule has 0 aromatic rings. The van der Waals surface area contributed by atoms with Crippen molar-refractivity contribution in [3.8, 4) is 0 Å². The highest BCUT2D eigenvalue weighted by Crippen LogP contribution is 2.62. The van der Waals surface area contributed by atoms with Gasteiger partial charge in [-0.05, 0) is 65.2 Å². The number of carbonyl (C=O) groups excluding carboxylic acids is 3. The molecule has 2 aliphatic heterocycles. The van der Waals surface area contributed by atoms with Crippen LogP contribution in [0.4, 0.5) is 9.59 Å². The highest BCUT2D eigenvalue weighted by molar-refractivity contribution is 5.81. The zero-order valence-electron chi connectivity index (χ0n) is 18.8. The predicted molar refractivity (Wildman–Crippen MR) is 109 cm³/mol. The lowest BCUT2D eigenvalue weighted by molar-refractivity contribution is -0.902. The van der Waals surface area contributed by atoms with Crippen molar-refractivity contribution >= 4 is 18.1 Å². The molecule has 172 valence electrons. The molecular formula is C23H35N3O5. The van der Waals surface area contributed by atoms with Gasteiger partial charge >= 0.3 is 6.09 Å². The number of quaternary nitrogens is 1. The van der Waals surface area contributed by atoms with E-state index in [9.17, 15) is 19.5 Å². The first kappa shape index (κ1) is 21.0. The van der Waals surface area contributed by atoms with Gasteiger partial charge in [-0.3, -0.25) is 14.2 Å². The number of rotatable bonds is 2. The van der Waals surface area contributed by atoms with Crippen LogP contribution in [-0.2, 0) is 9.53 Å². The van der Waals surface area contributed by atoms with Crippen molar-refractivity contribution in [2.75, 3.05) is 19.6 Å². The number of likely N-dealkylation sites (tertiary alicyclic amines) is 2. The molecule has 8 nitrogen and oxygen atoms in total. The minimum absolute atomic E-state index is 0.0416. The number of carbonyl (C=O) groups is 3. The second-order valence-corrected chi connectivity index (χ2v) is 12.1. The number of hydrogen-bond acceptors (Lipinski definition) is 5. The van der Waals surface area contributed by atoms with E-state index in [-0.39, 0.29) is 46.3 Å². The fourth-order valence-corrected chi connectivity index (χ4v) is 8.37. The molecule has 2 heterocycles. The minimum atomic E-state index is -1.02. The van der Waals surface area contributed by atoms with Crippen LogP contribution < -0.4 is 10.8 Å². The lowest BCUT2D eigenvalue weighted by atomic mass is 9.47. The molecule has 0 aromatic heterocycles. The Morgan fingerprint density at radius 2 is 1.71 bits per heavy atom. The molecule has 4 aliphatic carbocycles. The normalized spacial score (nSPS) is 45.6. The van der Waals surface area contributed by atoms with Crippen LogP contribution in [0.5, 0.6) is 0 Å². The molecule has 31 heavy (non-hydrogen) atoms. The van der Waals surface area contributed by atoms with Gasteiger partial charge in [0.05, 0.1) is 18.0 Å². The first-order valence-corrected chi connectivity index (χ1v) is 11.8. The number of nitrogens with zero attached hydrogens (tertiary/aromatic N) is 2. The summed E-state index contributed by atoms with van der Waals surface area (Å²) in [4.78, 5) is 39.6. The van der Waals surface area contributed by atoms with Crippen molar-refractivity contribution in [1.82, 2.24) is 4.90 Å². The summed E-state index contributed by atoms with van der Waals surface area (Å²) in [6, 6.07) is -0.171. The van der Waals surface area contributed by atoms with Gasteiger partial charge in [-0.25, -0.2) is 4.79 Å². The molecule has 6 fully saturated rings. The van der Waals surface area contributed by atoms with E-state index in [1.165, 1.54) is 0 Å². The molecule has 2 saturated heterocycles. The maximum Gasteiger partial charge on any atom is 0.410 e. The molecular weight excluding hydrogens is 398 g/mol. The van der Waals surface area contributed by atoms with Gasteiger partial charge in [-0.15, -0.1) is 0 Å². The summed E-state index contributed by atoms with van der Waals surface area (Å²) in [7, 11) is 0. The van der Waals surface area contributed by atoms with E-state index in [0.717, 1.165) is 25.7 Å². The molecule has 0 radical (unpaired) electrons. The Morgan fingerprint density at radius 3 is 2.26 bits per heavy atom. The third kappa shape index (κ3) is 3.08. The highest BCUT2D eigenvalue weighted by atomic mass is 16.6. The first-order valence-electron chi connectivity index (χ1n) is 11.8. The van der Waals surface area contributed by atoms with Crippen molar-refractivity contribution in [1.29, 1.82) is 0 Å². The summed E-state index contributed by atoms with van der Waals surface area (Å²) in [6.45, 7) is 7.05. The second-order valence-electron chi connectivity index (χ2n) is 12.1. The molecule has 0 aromatic carbocycles. The quantitative estimate of drug-likeness (QED) is 0.663. The van der Waals surface area contributed by atoms with E-state index in [2.05, 4.69) is 0 Å². The monoisotopic (exact) mass is 433 g/mol. The van der Waals surface area contributed by atoms with Crippen LogP contribution in [0, 0.1) is 29.1 Å². The minimum Gasteiger partial charge on any atom is -0.498 e. The van der Waals surface area contributed by atoms with Crippen LogP contribution in [-0.4, -0.2) is 64.8 Å². The predicted octanol–water partition coefficient (Wildman–Crippen LogP) is 1.47. The average molecular weight is 434 g/mol. The molecule has 5 unspecified atom stereocenters. The molecule has 5 atom stereocenters. The SMILES string of the molecule is CC(C)(C)OC(=O)N1CCC2C[N+](C(=O)[O-])(C3C4CC5CC3CC(C(N)=O)(C5)C4)CC21. The third-order valence-corrected chi connectivity index (χ3v) is 9.07. The number of ether oxygens (including phenoxy) is 1. The molecule has 4 bridgehead atoms. The summed E-state index contributed by atoms with van der Waals surface area (Å²) in [5.74, 6) is 0.784. The van der Waals surface area contributed by atoms with Gasteiger partial charge in [0.2, 0.25) is 5.91 Å². The van der Waals surface area contributed by atoms with Gasteiger partial charge in [-0.1, -0.05) is 0 Å². The Bertz CT molecular complexity index is 807. The van der Waals surface area contributed by atoms with E-state index < -0.39 is 17.1 Å². The van der Waals surface area contributed by atoms with Gasteiger partial charge in [0.25, 0.3) is 6.09 Å². The highest BCUT2D eigenvalue weighted by Gasteiger charge is 2.66. The van der Waals surface area contributed by atoms with Crippen molar-refractivity contribution in [3.05, 3.63) is 0 Å². The van der Waals surface area contributed by atoms with Crippen molar-refractivity contribution < 1.29 is 28.7 Å². The lowest BCUT2D eigenvalue weighted by Crippen LogP contribution is -2.72. The van der Waals surface area contributed by atoms with Gasteiger partial charge in [0.15, 0.2) is 0 Å². The Kier molecular flexibility index (Phi) is 4.47. The summed E-state index contributed by atoms with van der Waals surface area (Å²) < 4.78 is 5.54. The molecule has 2 N–H and O–H groups in total. The largest absolute Gasteiger partial charge is 0.498 e. The third-order valence-electron chi connectivity index (χ3n) is 9.07. The van der Waals surface area contributed by atoms with Crippen LogP contribution in [0.1, 0.15) is 59.3 Å². The Hall–Kier alpha value is -1.83. The first-order chi connectivity index (χ1) is 14.4. The Balaban J connectivity index is 1.42. The van der Waals surface area contributed by atoms with Crippen LogP contribution >= 0.6 is 0 Å². The zero-order valence-corrected chi connectivity index (χ0v) is 18.8. The fraction of sp³-hybridized carbons (Fsp3) is 0.870. The van der Waals surface area contributed by atoms with Gasteiger partial charge in [0.1, 0.15) is 18.2 Å². The molecule has 4 saturated carbocycles. The maximum atomic E-state index is 12.8. The summed E-state index contributed by atoms with van der Waals surface area (Å²) in [5, 5.41) is 12.7. The number of carboxylic acid groups (broad SMARTS) is 1. The van der Waals surface area contributed by atoms with Crippen molar-refractivity contribution in [2.45, 2.75) is 77.0 Å². The lowest BCUT2D eigenvalue weighted by Gasteiger charge is -2.62. The smallest absolute Gasteiger partial charge is 0.410 e. The molecule has 6 aliphatic rings. The molecule has 0 spiro atoms. The molecule has 8 heteroatoms. The maximum absolute atomic E-state index is 12.8. The molecule has 6 rings (SSSR count). The van der Waals surface area contributed by atoms with Gasteiger partial charge in [0, 0.05) is 24.3 Å². The number of hydrogen-bond donors (Lipinski definition) is 1. The van der Waals surface area contributed by atoms with Crippen LogP contribution in [0.15, 0.2) is 0 Å².